The maximum Gasteiger partial charge on any atom is 0.0888 e. The van der Waals surface area contributed by atoms with Crippen molar-refractivity contribution in [1.82, 2.24) is 4.98 Å². The third-order valence-corrected chi connectivity index (χ3v) is 4.11. The number of ether oxygens (including phenoxy) is 1. The van der Waals surface area contributed by atoms with E-state index in [9.17, 15) is 5.11 Å². The van der Waals surface area contributed by atoms with Gasteiger partial charge in [0.1, 0.15) is 0 Å². The summed E-state index contributed by atoms with van der Waals surface area (Å²) in [5.41, 5.74) is 2.38. The molecule has 0 aliphatic heterocycles. The lowest BCUT2D eigenvalue weighted by Gasteiger charge is -2.26. The third kappa shape index (κ3) is 1.98. The highest BCUT2D eigenvalue weighted by Gasteiger charge is 2.42. The zero-order valence-corrected chi connectivity index (χ0v) is 10.2. The molecule has 3 unspecified atom stereocenters. The van der Waals surface area contributed by atoms with Gasteiger partial charge in [-0.2, -0.15) is 0 Å². The average molecular weight is 233 g/mol. The fraction of sp³-hybridized carbons (Fsp3) is 0.643. The van der Waals surface area contributed by atoms with Crippen LogP contribution in [0, 0.1) is 5.92 Å². The Morgan fingerprint density at radius 3 is 2.94 bits per heavy atom. The predicted octanol–water partition coefficient (Wildman–Crippen LogP) is 1.90. The molecule has 3 nitrogen and oxygen atoms in total. The lowest BCUT2D eigenvalue weighted by molar-refractivity contribution is -0.0374. The van der Waals surface area contributed by atoms with Gasteiger partial charge in [0.15, 0.2) is 0 Å². The van der Waals surface area contributed by atoms with Crippen LogP contribution in [0.1, 0.15) is 36.4 Å². The van der Waals surface area contributed by atoms with Crippen LogP contribution in [0.2, 0.25) is 0 Å². The molecule has 0 saturated heterocycles. The molecular weight excluding hydrogens is 214 g/mol. The molecule has 0 spiro atoms. The minimum absolute atomic E-state index is 0.00652. The summed E-state index contributed by atoms with van der Waals surface area (Å²) in [7, 11) is 1.71. The standard InChI is InChI=1S/C14H19NO2/c1-17-14(10-4-5-10)13(16)11-7-6-9-3-2-8-15-12(9)11/h2-3,8,10-11,13-14,16H,4-7H2,1H3. The van der Waals surface area contributed by atoms with E-state index < -0.39 is 6.10 Å². The van der Waals surface area contributed by atoms with Crippen molar-refractivity contribution in [1.29, 1.82) is 0 Å². The van der Waals surface area contributed by atoms with E-state index in [4.69, 9.17) is 4.74 Å². The first-order valence-electron chi connectivity index (χ1n) is 6.46. The van der Waals surface area contributed by atoms with Crippen LogP contribution >= 0.6 is 0 Å². The molecule has 1 fully saturated rings. The van der Waals surface area contributed by atoms with Gasteiger partial charge in [0.05, 0.1) is 12.2 Å². The second-order valence-electron chi connectivity index (χ2n) is 5.22. The van der Waals surface area contributed by atoms with Crippen molar-refractivity contribution >= 4 is 0 Å². The fourth-order valence-electron chi connectivity index (χ4n) is 3.04. The van der Waals surface area contributed by atoms with Crippen LogP contribution in [-0.4, -0.2) is 29.4 Å². The van der Waals surface area contributed by atoms with E-state index in [0.29, 0.717) is 5.92 Å². The van der Waals surface area contributed by atoms with Crippen molar-refractivity contribution in [2.45, 2.75) is 43.8 Å². The Hall–Kier alpha value is -0.930. The molecule has 1 aromatic heterocycles. The molecular formula is C14H19NO2. The van der Waals surface area contributed by atoms with E-state index in [1.165, 1.54) is 18.4 Å². The lowest BCUT2D eigenvalue weighted by Crippen LogP contribution is -2.34. The van der Waals surface area contributed by atoms with E-state index in [2.05, 4.69) is 11.1 Å². The van der Waals surface area contributed by atoms with Crippen LogP contribution in [0.25, 0.3) is 0 Å². The van der Waals surface area contributed by atoms with Gasteiger partial charge in [0, 0.05) is 24.9 Å². The average Bonchev–Trinajstić information content (AvgIpc) is 3.09. The third-order valence-electron chi connectivity index (χ3n) is 4.11. The topological polar surface area (TPSA) is 42.4 Å². The second kappa shape index (κ2) is 4.39. The highest BCUT2D eigenvalue weighted by atomic mass is 16.5. The van der Waals surface area contributed by atoms with Crippen molar-refractivity contribution in [3.05, 3.63) is 29.6 Å². The Morgan fingerprint density at radius 1 is 1.41 bits per heavy atom. The molecule has 0 amide bonds. The van der Waals surface area contributed by atoms with Crippen molar-refractivity contribution in [3.63, 3.8) is 0 Å². The molecule has 1 N–H and O–H groups in total. The van der Waals surface area contributed by atoms with Crippen LogP contribution in [0.4, 0.5) is 0 Å². The summed E-state index contributed by atoms with van der Waals surface area (Å²) in [6.07, 6.45) is 5.83. The first-order valence-corrected chi connectivity index (χ1v) is 6.46. The van der Waals surface area contributed by atoms with Gasteiger partial charge in [0.25, 0.3) is 0 Å². The SMILES string of the molecule is COC(C1CC1)C(O)C1CCc2cccnc21. The molecule has 0 radical (unpaired) electrons. The molecule has 92 valence electrons. The molecule has 2 aliphatic rings. The Labute approximate surface area is 102 Å². The molecule has 3 rings (SSSR count). The molecule has 1 saturated carbocycles. The van der Waals surface area contributed by atoms with Crippen LogP contribution < -0.4 is 0 Å². The van der Waals surface area contributed by atoms with Crippen LogP contribution in [0.5, 0.6) is 0 Å². The molecule has 1 heterocycles. The van der Waals surface area contributed by atoms with Crippen LogP contribution in [0.15, 0.2) is 18.3 Å². The normalized spacial score (nSPS) is 26.6. The van der Waals surface area contributed by atoms with E-state index in [1.54, 1.807) is 7.11 Å². The number of aliphatic hydroxyl groups excluding tert-OH is 1. The van der Waals surface area contributed by atoms with E-state index >= 15 is 0 Å². The highest BCUT2D eigenvalue weighted by Crippen LogP contribution is 2.42. The van der Waals surface area contributed by atoms with E-state index in [1.807, 2.05) is 12.3 Å². The number of nitrogens with zero attached hydrogens (tertiary/aromatic N) is 1. The highest BCUT2D eigenvalue weighted by molar-refractivity contribution is 5.30. The summed E-state index contributed by atoms with van der Waals surface area (Å²) in [6, 6.07) is 4.09. The fourth-order valence-corrected chi connectivity index (χ4v) is 3.04. The van der Waals surface area contributed by atoms with E-state index in [0.717, 1.165) is 18.5 Å². The van der Waals surface area contributed by atoms with Gasteiger partial charge in [-0.25, -0.2) is 0 Å². The molecule has 3 heteroatoms. The minimum atomic E-state index is -0.399. The number of aryl methyl sites for hydroxylation is 1. The van der Waals surface area contributed by atoms with Gasteiger partial charge in [-0.3, -0.25) is 4.98 Å². The molecule has 0 aromatic carbocycles. The van der Waals surface area contributed by atoms with Crippen molar-refractivity contribution < 1.29 is 9.84 Å². The predicted molar refractivity (Wildman–Crippen MR) is 64.8 cm³/mol. The first kappa shape index (κ1) is 11.2. The van der Waals surface area contributed by atoms with Gasteiger partial charge in [-0.1, -0.05) is 6.07 Å². The monoisotopic (exact) mass is 233 g/mol. The Balaban J connectivity index is 1.81. The molecule has 17 heavy (non-hydrogen) atoms. The number of pyridine rings is 1. The van der Waals surface area contributed by atoms with Gasteiger partial charge in [-0.05, 0) is 43.2 Å². The summed E-state index contributed by atoms with van der Waals surface area (Å²) >= 11 is 0. The number of aromatic nitrogens is 1. The van der Waals surface area contributed by atoms with Crippen molar-refractivity contribution in [3.8, 4) is 0 Å². The summed E-state index contributed by atoms with van der Waals surface area (Å²) < 4.78 is 5.49. The summed E-state index contributed by atoms with van der Waals surface area (Å²) in [5.74, 6) is 0.722. The maximum absolute atomic E-state index is 10.5. The Kier molecular flexibility index (Phi) is 2.89. The minimum Gasteiger partial charge on any atom is -0.390 e. The quantitative estimate of drug-likeness (QED) is 0.863. The van der Waals surface area contributed by atoms with E-state index in [-0.39, 0.29) is 12.0 Å². The summed E-state index contributed by atoms with van der Waals surface area (Å²) in [6.45, 7) is 0. The van der Waals surface area contributed by atoms with Gasteiger partial charge >= 0.3 is 0 Å². The molecule has 1 aromatic rings. The zero-order chi connectivity index (χ0) is 11.8. The number of aliphatic hydroxyl groups is 1. The molecule has 2 aliphatic carbocycles. The van der Waals surface area contributed by atoms with Crippen molar-refractivity contribution in [2.75, 3.05) is 7.11 Å². The van der Waals surface area contributed by atoms with Gasteiger partial charge in [0.2, 0.25) is 0 Å². The Bertz CT molecular complexity index is 403. The maximum atomic E-state index is 10.5. The lowest BCUT2D eigenvalue weighted by atomic mass is 9.93. The molecule has 3 atom stereocenters. The number of methoxy groups -OCH3 is 1. The zero-order valence-electron chi connectivity index (χ0n) is 10.2. The number of hydrogen-bond acceptors (Lipinski definition) is 3. The number of fused-ring (bicyclic) bond motifs is 1. The van der Waals surface area contributed by atoms with Gasteiger partial charge in [-0.15, -0.1) is 0 Å². The largest absolute Gasteiger partial charge is 0.390 e. The summed E-state index contributed by atoms with van der Waals surface area (Å²) in [4.78, 5) is 4.44. The summed E-state index contributed by atoms with van der Waals surface area (Å²) in [5, 5.41) is 10.5. The first-order chi connectivity index (χ1) is 8.31. The number of rotatable bonds is 4. The second-order valence-corrected chi connectivity index (χ2v) is 5.22. The molecule has 0 bridgehead atoms. The smallest absolute Gasteiger partial charge is 0.0888 e. The van der Waals surface area contributed by atoms with Crippen LogP contribution in [0.3, 0.4) is 0 Å². The number of hydrogen-bond donors (Lipinski definition) is 1. The van der Waals surface area contributed by atoms with Gasteiger partial charge < -0.3 is 9.84 Å². The Morgan fingerprint density at radius 2 is 2.24 bits per heavy atom. The van der Waals surface area contributed by atoms with Crippen LogP contribution in [-0.2, 0) is 11.2 Å². The van der Waals surface area contributed by atoms with Crippen molar-refractivity contribution in [2.24, 2.45) is 5.92 Å².